The number of amides is 1. The molecule has 5 heteroatoms. The van der Waals surface area contributed by atoms with Crippen molar-refractivity contribution in [2.75, 3.05) is 20.2 Å². The van der Waals surface area contributed by atoms with Crippen LogP contribution in [0.2, 0.25) is 0 Å². The Hall–Kier alpha value is -2.37. The zero-order chi connectivity index (χ0) is 18.4. The van der Waals surface area contributed by atoms with E-state index >= 15 is 0 Å². The van der Waals surface area contributed by atoms with Gasteiger partial charge < -0.3 is 9.64 Å². The molecule has 1 fully saturated rings. The second-order valence-corrected chi connectivity index (χ2v) is 6.81. The molecule has 0 aliphatic carbocycles. The highest BCUT2D eigenvalue weighted by Crippen LogP contribution is 2.28. The highest BCUT2D eigenvalue weighted by molar-refractivity contribution is 5.86. The molecule has 0 aromatic heterocycles. The number of hydrogen-bond donors (Lipinski definition) is 2. The summed E-state index contributed by atoms with van der Waals surface area (Å²) in [5.74, 6) is -0.290. The first-order valence-electron chi connectivity index (χ1n) is 9.11. The zero-order valence-corrected chi connectivity index (χ0v) is 15.1. The third-order valence-corrected chi connectivity index (χ3v) is 5.09. The van der Waals surface area contributed by atoms with Gasteiger partial charge in [-0.2, -0.15) is 0 Å². The number of carbonyl (C=O) groups excluding carboxylic acids is 1. The van der Waals surface area contributed by atoms with E-state index in [-0.39, 0.29) is 0 Å². The maximum atomic E-state index is 12.2. The van der Waals surface area contributed by atoms with Crippen molar-refractivity contribution in [2.24, 2.45) is 0 Å². The normalized spacial score (nSPS) is 18.5. The molecule has 3 rings (SSSR count). The largest absolute Gasteiger partial charge is 0.494 e. The second kappa shape index (κ2) is 8.83. The van der Waals surface area contributed by atoms with Crippen LogP contribution in [0.5, 0.6) is 5.75 Å². The van der Waals surface area contributed by atoms with E-state index in [1.165, 1.54) is 12.8 Å². The molecular formula is C21H26N2O3. The molecule has 1 amide bonds. The Morgan fingerprint density at radius 2 is 2.00 bits per heavy atom. The predicted molar refractivity (Wildman–Crippen MR) is 100 cm³/mol. The molecule has 1 aliphatic heterocycles. The van der Waals surface area contributed by atoms with Crippen LogP contribution < -0.4 is 10.2 Å². The average Bonchev–Trinajstić information content (AvgIpc) is 3.08. The topological polar surface area (TPSA) is 61.8 Å². The Kier molecular flexibility index (Phi) is 6.26. The van der Waals surface area contributed by atoms with Gasteiger partial charge in [0.15, 0.2) is 0 Å². The molecule has 0 radical (unpaired) electrons. The van der Waals surface area contributed by atoms with Crippen molar-refractivity contribution in [3.63, 3.8) is 0 Å². The lowest BCUT2D eigenvalue weighted by atomic mass is 9.90. The maximum absolute atomic E-state index is 12.2. The summed E-state index contributed by atoms with van der Waals surface area (Å²) in [6.45, 7) is 1.82. The molecule has 2 aromatic rings. The van der Waals surface area contributed by atoms with Crippen molar-refractivity contribution < 1.29 is 14.7 Å². The van der Waals surface area contributed by atoms with Crippen LogP contribution in [0.3, 0.4) is 0 Å². The molecule has 1 heterocycles. The first-order chi connectivity index (χ1) is 12.7. The lowest BCUT2D eigenvalue weighted by Gasteiger charge is -2.20. The molecule has 2 aromatic carbocycles. The Morgan fingerprint density at radius 3 is 2.69 bits per heavy atom. The summed E-state index contributed by atoms with van der Waals surface area (Å²) in [5.41, 5.74) is 3.39. The summed E-state index contributed by atoms with van der Waals surface area (Å²) >= 11 is 0. The van der Waals surface area contributed by atoms with E-state index in [2.05, 4.69) is 11.9 Å². The van der Waals surface area contributed by atoms with Crippen LogP contribution in [0.25, 0.3) is 0 Å². The van der Waals surface area contributed by atoms with Crippen LogP contribution in [0, 0.1) is 0 Å². The molecule has 138 valence electrons. The van der Waals surface area contributed by atoms with Gasteiger partial charge in [0.05, 0.1) is 12.5 Å². The van der Waals surface area contributed by atoms with Crippen LogP contribution in [-0.2, 0) is 4.79 Å². The van der Waals surface area contributed by atoms with Crippen LogP contribution in [-0.4, -0.2) is 42.3 Å². The lowest BCUT2D eigenvalue weighted by molar-refractivity contribution is -0.129. The number of rotatable bonds is 7. The summed E-state index contributed by atoms with van der Waals surface area (Å²) in [7, 11) is 2.16. The van der Waals surface area contributed by atoms with Gasteiger partial charge in [-0.3, -0.25) is 10.0 Å². The van der Waals surface area contributed by atoms with Gasteiger partial charge in [-0.25, -0.2) is 5.48 Å². The number of ether oxygens (including phenoxy) is 1. The molecule has 2 unspecified atom stereocenters. The Bertz CT molecular complexity index is 720. The van der Waals surface area contributed by atoms with Crippen molar-refractivity contribution in [3.05, 3.63) is 65.7 Å². The Labute approximate surface area is 154 Å². The average molecular weight is 354 g/mol. The van der Waals surface area contributed by atoms with Crippen LogP contribution in [0.1, 0.15) is 36.3 Å². The van der Waals surface area contributed by atoms with E-state index in [9.17, 15) is 4.79 Å². The van der Waals surface area contributed by atoms with E-state index in [1.54, 1.807) is 5.48 Å². The minimum atomic E-state index is -0.578. The van der Waals surface area contributed by atoms with Crippen LogP contribution in [0.4, 0.5) is 0 Å². The first kappa shape index (κ1) is 18.4. The van der Waals surface area contributed by atoms with Gasteiger partial charge in [0.25, 0.3) is 5.91 Å². The van der Waals surface area contributed by atoms with Gasteiger partial charge in [0.1, 0.15) is 5.75 Å². The molecule has 5 nitrogen and oxygen atoms in total. The summed E-state index contributed by atoms with van der Waals surface area (Å²) < 4.78 is 5.94. The molecule has 0 bridgehead atoms. The minimum absolute atomic E-state index is 0.457. The fourth-order valence-electron chi connectivity index (χ4n) is 3.65. The van der Waals surface area contributed by atoms with Gasteiger partial charge in [-0.05, 0) is 56.1 Å². The number of nitrogens with zero attached hydrogens (tertiary/aromatic N) is 1. The highest BCUT2D eigenvalue weighted by atomic mass is 16.5. The van der Waals surface area contributed by atoms with Crippen molar-refractivity contribution in [1.29, 1.82) is 0 Å². The molecule has 1 saturated heterocycles. The van der Waals surface area contributed by atoms with E-state index in [0.717, 1.165) is 29.8 Å². The van der Waals surface area contributed by atoms with Gasteiger partial charge in [-0.1, -0.05) is 42.5 Å². The van der Waals surface area contributed by atoms with Gasteiger partial charge in [0, 0.05) is 6.04 Å². The van der Waals surface area contributed by atoms with Gasteiger partial charge >= 0.3 is 0 Å². The van der Waals surface area contributed by atoms with Gasteiger partial charge in [0.2, 0.25) is 0 Å². The zero-order valence-electron chi connectivity index (χ0n) is 15.1. The van der Waals surface area contributed by atoms with Crippen molar-refractivity contribution in [1.82, 2.24) is 10.4 Å². The van der Waals surface area contributed by atoms with Crippen LogP contribution >= 0.6 is 0 Å². The second-order valence-electron chi connectivity index (χ2n) is 6.81. The highest BCUT2D eigenvalue weighted by Gasteiger charge is 2.23. The summed E-state index contributed by atoms with van der Waals surface area (Å²) in [6, 6.07) is 17.6. The molecule has 26 heavy (non-hydrogen) atoms. The Morgan fingerprint density at radius 1 is 1.23 bits per heavy atom. The third kappa shape index (κ3) is 4.42. The number of carbonyl (C=O) groups is 1. The number of hydroxylamine groups is 1. The van der Waals surface area contributed by atoms with Gasteiger partial charge in [-0.15, -0.1) is 0 Å². The van der Waals surface area contributed by atoms with Crippen molar-refractivity contribution in [2.45, 2.75) is 31.2 Å². The molecule has 2 N–H and O–H groups in total. The fraction of sp³-hybridized carbons (Fsp3) is 0.381. The fourth-order valence-corrected chi connectivity index (χ4v) is 3.65. The summed E-state index contributed by atoms with van der Waals surface area (Å²) in [4.78, 5) is 14.6. The van der Waals surface area contributed by atoms with Crippen molar-refractivity contribution in [3.8, 4) is 5.75 Å². The molecule has 1 aliphatic rings. The number of nitrogens with one attached hydrogen (secondary N) is 1. The standard InChI is InChI=1S/C21H26N2O3/c1-23-13-6-10-18(23)12-14-26-19-11-5-9-17(15-19)20(21(24)22-25)16-7-3-2-4-8-16/h2-5,7-9,11,15,18,20,25H,6,10,12-14H2,1H3,(H,22,24). The molecule has 0 spiro atoms. The SMILES string of the molecule is CN1CCCC1CCOc1cccc(C(C(=O)NO)c2ccccc2)c1. The predicted octanol–water partition coefficient (Wildman–Crippen LogP) is 3.19. The van der Waals surface area contributed by atoms with E-state index in [1.807, 2.05) is 54.6 Å². The lowest BCUT2D eigenvalue weighted by Crippen LogP contribution is -2.27. The smallest absolute Gasteiger partial charge is 0.255 e. The van der Waals surface area contributed by atoms with E-state index in [0.29, 0.717) is 12.6 Å². The van der Waals surface area contributed by atoms with E-state index in [4.69, 9.17) is 9.94 Å². The monoisotopic (exact) mass is 354 g/mol. The first-order valence-corrected chi connectivity index (χ1v) is 9.11. The third-order valence-electron chi connectivity index (χ3n) is 5.09. The number of likely N-dealkylation sites (tertiary alicyclic amines) is 1. The van der Waals surface area contributed by atoms with E-state index < -0.39 is 11.8 Å². The molecule has 2 atom stereocenters. The molecular weight excluding hydrogens is 328 g/mol. The number of benzene rings is 2. The minimum Gasteiger partial charge on any atom is -0.494 e. The molecule has 0 saturated carbocycles. The Balaban J connectivity index is 1.71. The maximum Gasteiger partial charge on any atom is 0.255 e. The summed E-state index contributed by atoms with van der Waals surface area (Å²) in [5, 5.41) is 9.15. The van der Waals surface area contributed by atoms with Crippen molar-refractivity contribution >= 4 is 5.91 Å². The van der Waals surface area contributed by atoms with Crippen LogP contribution in [0.15, 0.2) is 54.6 Å². The quantitative estimate of drug-likeness (QED) is 0.592. The number of hydrogen-bond acceptors (Lipinski definition) is 4. The summed E-state index contributed by atoms with van der Waals surface area (Å²) in [6.07, 6.45) is 3.48.